The Balaban J connectivity index is 2.97. The van der Waals surface area contributed by atoms with Gasteiger partial charge < -0.3 is 4.74 Å². The molecule has 0 atom stereocenters. The van der Waals surface area contributed by atoms with Gasteiger partial charge in [-0.15, -0.1) is 0 Å². The number of esters is 1. The molecule has 0 spiro atoms. The quantitative estimate of drug-likeness (QED) is 0.611. The third-order valence-corrected chi connectivity index (χ3v) is 3.32. The number of hydrogen-bond donors (Lipinski definition) is 0. The summed E-state index contributed by atoms with van der Waals surface area (Å²) in [5.74, 6) is -0.179. The number of rotatable bonds is 4. The highest BCUT2D eigenvalue weighted by atomic mass is 79.9. The molecule has 4 heteroatoms. The van der Waals surface area contributed by atoms with Crippen molar-refractivity contribution in [2.75, 3.05) is 6.61 Å². The minimum absolute atomic E-state index is 0.179. The van der Waals surface area contributed by atoms with Crippen molar-refractivity contribution in [1.82, 2.24) is 0 Å². The lowest BCUT2D eigenvalue weighted by Gasteiger charge is -2.11. The third-order valence-electron chi connectivity index (χ3n) is 2.30. The minimum Gasteiger partial charge on any atom is -0.466 e. The Bertz CT molecular complexity index is 389. The van der Waals surface area contributed by atoms with Crippen molar-refractivity contribution in [3.8, 4) is 0 Å². The molecule has 0 radical (unpaired) electrons. The summed E-state index contributed by atoms with van der Waals surface area (Å²) in [7, 11) is 0. The number of hydrogen-bond acceptors (Lipinski definition) is 2. The molecule has 0 saturated carbocycles. The Labute approximate surface area is 113 Å². The highest BCUT2D eigenvalue weighted by Crippen LogP contribution is 2.23. The zero-order valence-electron chi connectivity index (χ0n) is 9.35. The minimum atomic E-state index is -0.179. The van der Waals surface area contributed by atoms with Gasteiger partial charge in [0.05, 0.1) is 13.0 Å². The van der Waals surface area contributed by atoms with Crippen LogP contribution in [0.1, 0.15) is 23.6 Å². The zero-order chi connectivity index (χ0) is 12.1. The average molecular weight is 350 g/mol. The van der Waals surface area contributed by atoms with Crippen LogP contribution in [0, 0.1) is 6.92 Å². The molecule has 0 aliphatic rings. The molecule has 2 nitrogen and oxygen atoms in total. The smallest absolute Gasteiger partial charge is 0.310 e. The molecular formula is C12H14Br2O2. The van der Waals surface area contributed by atoms with Crippen LogP contribution in [-0.2, 0) is 21.3 Å². The molecule has 16 heavy (non-hydrogen) atoms. The van der Waals surface area contributed by atoms with Crippen LogP contribution in [0.25, 0.3) is 0 Å². The molecule has 88 valence electrons. The van der Waals surface area contributed by atoms with Gasteiger partial charge in [0.1, 0.15) is 0 Å². The Kier molecular flexibility index (Phi) is 5.49. The monoisotopic (exact) mass is 348 g/mol. The van der Waals surface area contributed by atoms with Gasteiger partial charge in [0, 0.05) is 9.80 Å². The van der Waals surface area contributed by atoms with E-state index in [-0.39, 0.29) is 5.97 Å². The first-order valence-corrected chi connectivity index (χ1v) is 6.99. The van der Waals surface area contributed by atoms with Gasteiger partial charge in [-0.25, -0.2) is 0 Å². The summed E-state index contributed by atoms with van der Waals surface area (Å²) in [5.41, 5.74) is 3.35. The molecular weight excluding hydrogens is 336 g/mol. The maximum atomic E-state index is 11.5. The summed E-state index contributed by atoms with van der Waals surface area (Å²) < 4.78 is 5.95. The number of alkyl halides is 1. The number of ether oxygens (including phenoxy) is 1. The maximum absolute atomic E-state index is 11.5. The van der Waals surface area contributed by atoms with Crippen LogP contribution in [0.15, 0.2) is 16.6 Å². The van der Waals surface area contributed by atoms with Gasteiger partial charge in [0.15, 0.2) is 0 Å². The van der Waals surface area contributed by atoms with Gasteiger partial charge >= 0.3 is 5.97 Å². The fourth-order valence-electron chi connectivity index (χ4n) is 1.56. The molecule has 0 aliphatic heterocycles. The van der Waals surface area contributed by atoms with Crippen molar-refractivity contribution in [1.29, 1.82) is 0 Å². The Hall–Kier alpha value is -0.350. The van der Waals surface area contributed by atoms with E-state index in [1.54, 1.807) is 0 Å². The van der Waals surface area contributed by atoms with Crippen LogP contribution in [0.4, 0.5) is 0 Å². The highest BCUT2D eigenvalue weighted by Gasteiger charge is 2.11. The highest BCUT2D eigenvalue weighted by molar-refractivity contribution is 9.10. The summed E-state index contributed by atoms with van der Waals surface area (Å²) in [6.45, 7) is 4.28. The summed E-state index contributed by atoms with van der Waals surface area (Å²) in [6.07, 6.45) is 0.328. The molecule has 0 bridgehead atoms. The number of carbonyl (C=O) groups excluding carboxylic acids is 1. The summed E-state index contributed by atoms with van der Waals surface area (Å²) in [4.78, 5) is 11.5. The van der Waals surface area contributed by atoms with E-state index in [0.717, 1.165) is 20.9 Å². The van der Waals surface area contributed by atoms with Crippen molar-refractivity contribution in [2.24, 2.45) is 0 Å². The van der Waals surface area contributed by atoms with Crippen molar-refractivity contribution in [3.05, 3.63) is 33.3 Å². The van der Waals surface area contributed by atoms with E-state index in [9.17, 15) is 4.79 Å². The molecule has 0 amide bonds. The second-order valence-corrected chi connectivity index (χ2v) is 4.95. The second-order valence-electron chi connectivity index (χ2n) is 3.48. The lowest BCUT2D eigenvalue weighted by Crippen LogP contribution is -2.09. The molecule has 0 fully saturated rings. The Morgan fingerprint density at radius 3 is 2.69 bits per heavy atom. The molecule has 0 N–H and O–H groups in total. The largest absolute Gasteiger partial charge is 0.466 e. The summed E-state index contributed by atoms with van der Waals surface area (Å²) in [5, 5.41) is 0.751. The molecule has 0 unspecified atom stereocenters. The molecule has 0 heterocycles. The maximum Gasteiger partial charge on any atom is 0.310 e. The van der Waals surface area contributed by atoms with Crippen LogP contribution < -0.4 is 0 Å². The third kappa shape index (κ3) is 3.59. The molecule has 1 aromatic rings. The van der Waals surface area contributed by atoms with Crippen molar-refractivity contribution < 1.29 is 9.53 Å². The van der Waals surface area contributed by atoms with Gasteiger partial charge in [-0.05, 0) is 42.7 Å². The van der Waals surface area contributed by atoms with E-state index in [1.165, 1.54) is 5.56 Å². The standard InChI is InChI=1S/C12H14Br2O2/c1-3-16-12(15)6-9-5-10(14)4-8(2)11(9)7-13/h4-5H,3,6-7H2,1-2H3. The van der Waals surface area contributed by atoms with Crippen LogP contribution in [0.3, 0.4) is 0 Å². The van der Waals surface area contributed by atoms with Crippen molar-refractivity contribution in [2.45, 2.75) is 25.6 Å². The van der Waals surface area contributed by atoms with Crippen LogP contribution in [-0.4, -0.2) is 12.6 Å². The molecule has 1 rings (SSSR count). The van der Waals surface area contributed by atoms with E-state index in [1.807, 2.05) is 26.0 Å². The molecule has 0 saturated heterocycles. The van der Waals surface area contributed by atoms with Crippen molar-refractivity contribution >= 4 is 37.8 Å². The van der Waals surface area contributed by atoms with E-state index in [2.05, 4.69) is 31.9 Å². The van der Waals surface area contributed by atoms with Gasteiger partial charge in [-0.2, -0.15) is 0 Å². The van der Waals surface area contributed by atoms with Gasteiger partial charge in [0.2, 0.25) is 0 Å². The van der Waals surface area contributed by atoms with Crippen LogP contribution in [0.5, 0.6) is 0 Å². The van der Waals surface area contributed by atoms with Gasteiger partial charge in [0.25, 0.3) is 0 Å². The number of carbonyl (C=O) groups is 1. The fraction of sp³-hybridized carbons (Fsp3) is 0.417. The SMILES string of the molecule is CCOC(=O)Cc1cc(Br)cc(C)c1CBr. The molecule has 0 aromatic heterocycles. The summed E-state index contributed by atoms with van der Waals surface area (Å²) in [6, 6.07) is 4.02. The predicted molar refractivity (Wildman–Crippen MR) is 71.8 cm³/mol. The lowest BCUT2D eigenvalue weighted by molar-refractivity contribution is -0.142. The Morgan fingerprint density at radius 2 is 2.12 bits per heavy atom. The van der Waals surface area contributed by atoms with Gasteiger partial charge in [-0.3, -0.25) is 4.79 Å². The number of halogens is 2. The van der Waals surface area contributed by atoms with Crippen LogP contribution >= 0.6 is 31.9 Å². The van der Waals surface area contributed by atoms with Gasteiger partial charge in [-0.1, -0.05) is 31.9 Å². The normalized spacial score (nSPS) is 10.2. The lowest BCUT2D eigenvalue weighted by atomic mass is 10.0. The first-order chi connectivity index (χ1) is 7.58. The fourth-order valence-corrected chi connectivity index (χ4v) is 2.98. The predicted octanol–water partition coefficient (Wildman–Crippen LogP) is 3.76. The molecule has 1 aromatic carbocycles. The Morgan fingerprint density at radius 1 is 1.44 bits per heavy atom. The summed E-state index contributed by atoms with van der Waals surface area (Å²) >= 11 is 6.88. The number of benzene rings is 1. The van der Waals surface area contributed by atoms with E-state index >= 15 is 0 Å². The number of aryl methyl sites for hydroxylation is 1. The topological polar surface area (TPSA) is 26.3 Å². The van der Waals surface area contributed by atoms with Crippen LogP contribution in [0.2, 0.25) is 0 Å². The second kappa shape index (κ2) is 6.40. The van der Waals surface area contributed by atoms with E-state index in [4.69, 9.17) is 4.74 Å². The van der Waals surface area contributed by atoms with Crippen molar-refractivity contribution in [3.63, 3.8) is 0 Å². The zero-order valence-corrected chi connectivity index (χ0v) is 12.5. The average Bonchev–Trinajstić information content (AvgIpc) is 2.17. The first kappa shape index (κ1) is 13.7. The van der Waals surface area contributed by atoms with E-state index < -0.39 is 0 Å². The first-order valence-electron chi connectivity index (χ1n) is 5.08. The van der Waals surface area contributed by atoms with E-state index in [0.29, 0.717) is 13.0 Å². The molecule has 0 aliphatic carbocycles.